The van der Waals surface area contributed by atoms with Gasteiger partial charge in [0.2, 0.25) is 0 Å². The summed E-state index contributed by atoms with van der Waals surface area (Å²) in [5.41, 5.74) is 7.81. The summed E-state index contributed by atoms with van der Waals surface area (Å²) in [5, 5.41) is 7.82. The molecule has 0 aliphatic carbocycles. The summed E-state index contributed by atoms with van der Waals surface area (Å²) in [6.07, 6.45) is 0.943. The number of hydrogen-bond acceptors (Lipinski definition) is 4. The molecule has 0 bridgehead atoms. The zero-order chi connectivity index (χ0) is 13.0. The fourth-order valence-corrected chi connectivity index (χ4v) is 1.76. The number of ether oxygens (including phenoxy) is 1. The predicted molar refractivity (Wildman–Crippen MR) is 71.3 cm³/mol. The van der Waals surface area contributed by atoms with E-state index in [4.69, 9.17) is 10.5 Å². The molecule has 0 saturated carbocycles. The largest absolute Gasteiger partial charge is 0.394 e. The molecule has 1 heterocycles. The summed E-state index contributed by atoms with van der Waals surface area (Å²) >= 11 is 0. The van der Waals surface area contributed by atoms with Gasteiger partial charge >= 0.3 is 0 Å². The van der Waals surface area contributed by atoms with E-state index in [2.05, 4.69) is 31.2 Å². The lowest BCUT2D eigenvalue weighted by atomic mass is 10.1. The molecule has 1 rings (SSSR count). The summed E-state index contributed by atoms with van der Waals surface area (Å²) in [6.45, 7) is 7.04. The normalized spacial score (nSPS) is 13.1. The van der Waals surface area contributed by atoms with Gasteiger partial charge in [-0.2, -0.15) is 5.10 Å². The average Bonchev–Trinajstić information content (AvgIpc) is 2.54. The molecule has 0 radical (unpaired) electrons. The minimum Gasteiger partial charge on any atom is -0.394 e. The van der Waals surface area contributed by atoms with E-state index >= 15 is 0 Å². The summed E-state index contributed by atoms with van der Waals surface area (Å²) in [5.74, 6) is 1.24. The summed E-state index contributed by atoms with van der Waals surface area (Å²) < 4.78 is 6.87. The Kier molecular flexibility index (Phi) is 4.81. The van der Waals surface area contributed by atoms with E-state index in [1.807, 2.05) is 11.7 Å². The van der Waals surface area contributed by atoms with Crippen LogP contribution in [0.2, 0.25) is 0 Å². The lowest BCUT2D eigenvalue weighted by Crippen LogP contribution is -2.19. The van der Waals surface area contributed by atoms with Gasteiger partial charge in [-0.3, -0.25) is 4.68 Å². The third-order valence-corrected chi connectivity index (χ3v) is 2.80. The Labute approximate surface area is 103 Å². The second-order valence-corrected chi connectivity index (χ2v) is 4.75. The van der Waals surface area contributed by atoms with Crippen molar-refractivity contribution in [2.75, 3.05) is 24.8 Å². The standard InChI is InChI=1S/C12H24N4O/c1-8(2)11-10(13)12(16(4)15-11)14-9(3)6-7-17-5/h8-9,14H,6-7,13H2,1-5H3. The van der Waals surface area contributed by atoms with Crippen molar-refractivity contribution in [2.45, 2.75) is 39.2 Å². The quantitative estimate of drug-likeness (QED) is 0.798. The van der Waals surface area contributed by atoms with Crippen molar-refractivity contribution in [3.63, 3.8) is 0 Å². The lowest BCUT2D eigenvalue weighted by molar-refractivity contribution is 0.191. The van der Waals surface area contributed by atoms with Crippen LogP contribution < -0.4 is 11.1 Å². The van der Waals surface area contributed by atoms with Crippen LogP contribution in [-0.2, 0) is 11.8 Å². The molecule has 5 heteroatoms. The van der Waals surface area contributed by atoms with E-state index in [0.717, 1.165) is 30.2 Å². The zero-order valence-electron chi connectivity index (χ0n) is 11.4. The number of nitrogens with one attached hydrogen (secondary N) is 1. The van der Waals surface area contributed by atoms with Gasteiger partial charge in [0.05, 0.1) is 11.4 Å². The van der Waals surface area contributed by atoms with Crippen molar-refractivity contribution in [1.29, 1.82) is 0 Å². The lowest BCUT2D eigenvalue weighted by Gasteiger charge is -2.15. The highest BCUT2D eigenvalue weighted by molar-refractivity contribution is 5.66. The first-order chi connectivity index (χ1) is 7.97. The number of aromatic nitrogens is 2. The summed E-state index contributed by atoms with van der Waals surface area (Å²) in [4.78, 5) is 0. The molecule has 3 N–H and O–H groups in total. The van der Waals surface area contributed by atoms with E-state index in [1.54, 1.807) is 7.11 Å². The van der Waals surface area contributed by atoms with E-state index in [9.17, 15) is 0 Å². The minimum atomic E-state index is 0.313. The molecule has 5 nitrogen and oxygen atoms in total. The molecule has 0 fully saturated rings. The van der Waals surface area contributed by atoms with Crippen LogP contribution in [0.15, 0.2) is 0 Å². The van der Waals surface area contributed by atoms with Crippen molar-refractivity contribution in [3.8, 4) is 0 Å². The highest BCUT2D eigenvalue weighted by Crippen LogP contribution is 2.28. The van der Waals surface area contributed by atoms with Crippen molar-refractivity contribution in [2.24, 2.45) is 7.05 Å². The van der Waals surface area contributed by atoms with E-state index in [0.29, 0.717) is 12.0 Å². The smallest absolute Gasteiger partial charge is 0.148 e. The highest BCUT2D eigenvalue weighted by Gasteiger charge is 2.16. The number of aryl methyl sites for hydroxylation is 1. The third-order valence-electron chi connectivity index (χ3n) is 2.80. The summed E-state index contributed by atoms with van der Waals surface area (Å²) in [6, 6.07) is 0.313. The fraction of sp³-hybridized carbons (Fsp3) is 0.750. The van der Waals surface area contributed by atoms with E-state index in [1.165, 1.54) is 0 Å². The number of nitrogens with two attached hydrogens (primary N) is 1. The molecule has 1 aromatic rings. The SMILES string of the molecule is COCCC(C)Nc1c(N)c(C(C)C)nn1C. The second-order valence-electron chi connectivity index (χ2n) is 4.75. The number of methoxy groups -OCH3 is 1. The maximum absolute atomic E-state index is 6.10. The van der Waals surface area contributed by atoms with Crippen LogP contribution in [-0.4, -0.2) is 29.5 Å². The monoisotopic (exact) mass is 240 g/mol. The summed E-state index contributed by atoms with van der Waals surface area (Å²) in [7, 11) is 3.62. The molecule has 1 atom stereocenters. The van der Waals surface area contributed by atoms with Gasteiger partial charge in [0.1, 0.15) is 5.82 Å². The van der Waals surface area contributed by atoms with Gasteiger partial charge < -0.3 is 15.8 Å². The van der Waals surface area contributed by atoms with Crippen molar-refractivity contribution >= 4 is 11.5 Å². The number of hydrogen-bond donors (Lipinski definition) is 2. The van der Waals surface area contributed by atoms with Crippen molar-refractivity contribution in [1.82, 2.24) is 9.78 Å². The molecule has 0 aliphatic rings. The van der Waals surface area contributed by atoms with Gasteiger partial charge in [-0.25, -0.2) is 0 Å². The van der Waals surface area contributed by atoms with Gasteiger partial charge in [-0.1, -0.05) is 13.8 Å². The fourth-order valence-electron chi connectivity index (χ4n) is 1.76. The van der Waals surface area contributed by atoms with Crippen LogP contribution in [0.25, 0.3) is 0 Å². The highest BCUT2D eigenvalue weighted by atomic mass is 16.5. The number of rotatable bonds is 6. The maximum Gasteiger partial charge on any atom is 0.148 e. The Morgan fingerprint density at radius 2 is 2.06 bits per heavy atom. The molecule has 1 unspecified atom stereocenters. The van der Waals surface area contributed by atoms with E-state index in [-0.39, 0.29) is 0 Å². The van der Waals surface area contributed by atoms with Gasteiger partial charge in [0, 0.05) is 26.8 Å². The molecule has 98 valence electrons. The second kappa shape index (κ2) is 5.91. The molecule has 0 spiro atoms. The molecule has 17 heavy (non-hydrogen) atoms. The number of nitrogen functional groups attached to an aromatic ring is 1. The molecule has 0 saturated heterocycles. The maximum atomic E-state index is 6.10. The first-order valence-corrected chi connectivity index (χ1v) is 6.05. The molecule has 0 aliphatic heterocycles. The minimum absolute atomic E-state index is 0.313. The Bertz CT molecular complexity index is 360. The molecule has 0 amide bonds. The van der Waals surface area contributed by atoms with Crippen LogP contribution in [0, 0.1) is 0 Å². The number of nitrogens with zero attached hydrogens (tertiary/aromatic N) is 2. The van der Waals surface area contributed by atoms with Crippen LogP contribution >= 0.6 is 0 Å². The third kappa shape index (κ3) is 3.36. The molecule has 0 aromatic carbocycles. The first kappa shape index (κ1) is 13.8. The van der Waals surface area contributed by atoms with Crippen LogP contribution in [0.3, 0.4) is 0 Å². The zero-order valence-corrected chi connectivity index (χ0v) is 11.4. The topological polar surface area (TPSA) is 65.1 Å². The predicted octanol–water partition coefficient (Wildman–Crippen LogP) is 1.96. The van der Waals surface area contributed by atoms with Crippen molar-refractivity contribution < 1.29 is 4.74 Å². The Hall–Kier alpha value is -1.23. The van der Waals surface area contributed by atoms with E-state index < -0.39 is 0 Å². The first-order valence-electron chi connectivity index (χ1n) is 6.05. The van der Waals surface area contributed by atoms with Gasteiger partial charge in [-0.05, 0) is 19.3 Å². The van der Waals surface area contributed by atoms with Crippen LogP contribution in [0.5, 0.6) is 0 Å². The van der Waals surface area contributed by atoms with Gasteiger partial charge in [0.15, 0.2) is 0 Å². The molecule has 1 aromatic heterocycles. The van der Waals surface area contributed by atoms with Crippen molar-refractivity contribution in [3.05, 3.63) is 5.69 Å². The number of anilines is 2. The Morgan fingerprint density at radius 1 is 1.41 bits per heavy atom. The Morgan fingerprint density at radius 3 is 2.53 bits per heavy atom. The van der Waals surface area contributed by atoms with Gasteiger partial charge in [-0.15, -0.1) is 0 Å². The van der Waals surface area contributed by atoms with Crippen LogP contribution in [0.4, 0.5) is 11.5 Å². The van der Waals surface area contributed by atoms with Crippen LogP contribution in [0.1, 0.15) is 38.8 Å². The molecular formula is C12H24N4O. The molecular weight excluding hydrogens is 216 g/mol. The average molecular weight is 240 g/mol. The Balaban J connectivity index is 2.77. The van der Waals surface area contributed by atoms with Gasteiger partial charge in [0.25, 0.3) is 0 Å².